The third-order valence-electron chi connectivity index (χ3n) is 17.1. The molecule has 4 aliphatic heterocycles. The number of hydrogen-bond donors (Lipinski definition) is 5. The minimum Gasteiger partial charge on any atom is -0.493 e. The number of carbonyl (C=O) groups excluding carboxylic acids is 6. The summed E-state index contributed by atoms with van der Waals surface area (Å²) in [5.74, 6) is -1.23. The van der Waals surface area contributed by atoms with E-state index in [2.05, 4.69) is 61.7 Å². The number of rotatable bonds is 25. The molecule has 0 aliphatic carbocycles. The number of anilines is 3. The Morgan fingerprint density at radius 1 is 0.758 bits per heavy atom. The summed E-state index contributed by atoms with van der Waals surface area (Å²) in [4.78, 5) is 99.1. The maximum absolute atomic E-state index is 14.8. The van der Waals surface area contributed by atoms with Crippen LogP contribution in [-0.4, -0.2) is 149 Å². The van der Waals surface area contributed by atoms with Crippen LogP contribution in [0.3, 0.4) is 0 Å². The van der Waals surface area contributed by atoms with Gasteiger partial charge in [0.25, 0.3) is 11.8 Å². The van der Waals surface area contributed by atoms with Gasteiger partial charge in [0.2, 0.25) is 11.8 Å². The summed E-state index contributed by atoms with van der Waals surface area (Å²) in [6.45, 7) is 20.9. The molecule has 0 spiro atoms. The van der Waals surface area contributed by atoms with Crippen molar-refractivity contribution in [1.82, 2.24) is 20.4 Å². The number of methoxy groups -OCH3 is 2. The molecule has 25 heteroatoms. The highest BCUT2D eigenvalue weighted by Gasteiger charge is 2.48. The van der Waals surface area contributed by atoms with E-state index in [-0.39, 0.29) is 101 Å². The molecule has 0 aromatic heterocycles. The summed E-state index contributed by atoms with van der Waals surface area (Å²) in [5, 5.41) is 21.5. The zero-order valence-corrected chi connectivity index (χ0v) is 54.7. The molecule has 4 aromatic rings. The van der Waals surface area contributed by atoms with Gasteiger partial charge in [-0.2, -0.15) is 0 Å². The van der Waals surface area contributed by atoms with E-state index >= 15 is 0 Å². The van der Waals surface area contributed by atoms with Gasteiger partial charge in [0.1, 0.15) is 38.5 Å². The fraction of sp³-hybridized carbons (Fsp3) is 0.500. The van der Waals surface area contributed by atoms with Gasteiger partial charge in [0, 0.05) is 37.5 Å². The van der Waals surface area contributed by atoms with Crippen LogP contribution in [0.5, 0.6) is 23.0 Å². The molecule has 5 N–H and O–H groups in total. The first kappa shape index (κ1) is 68.5. The molecule has 3 fully saturated rings. The van der Waals surface area contributed by atoms with Crippen molar-refractivity contribution >= 4 is 67.3 Å². The lowest BCUT2D eigenvalue weighted by molar-refractivity contribution is -0.195. The molecular formula is C66H87N7O17Si. The van der Waals surface area contributed by atoms with Gasteiger partial charge in [-0.05, 0) is 123 Å². The van der Waals surface area contributed by atoms with Crippen LogP contribution in [0.4, 0.5) is 31.4 Å². The van der Waals surface area contributed by atoms with E-state index in [1.54, 1.807) is 47.9 Å². The molecule has 3 saturated heterocycles. The van der Waals surface area contributed by atoms with Crippen molar-refractivity contribution in [2.24, 2.45) is 5.92 Å². The molecule has 3 unspecified atom stereocenters. The first-order valence-electron chi connectivity index (χ1n) is 30.9. The summed E-state index contributed by atoms with van der Waals surface area (Å²) in [5.41, 5.74) is 2.87. The monoisotopic (exact) mass is 1280 g/mol. The highest BCUT2D eigenvalue weighted by atomic mass is 28.4. The number of benzene rings is 4. The quantitative estimate of drug-likeness (QED) is 0.0305. The molecule has 0 bridgehead atoms. The number of amides is 7. The molecule has 8 rings (SSSR count). The van der Waals surface area contributed by atoms with Crippen molar-refractivity contribution in [3.63, 3.8) is 0 Å². The van der Waals surface area contributed by atoms with Crippen molar-refractivity contribution in [2.45, 2.75) is 161 Å². The molecule has 0 radical (unpaired) electrons. The van der Waals surface area contributed by atoms with Crippen molar-refractivity contribution < 1.29 is 81.0 Å². The summed E-state index contributed by atoms with van der Waals surface area (Å²) in [6.07, 6.45) is 1.85. The lowest BCUT2D eigenvalue weighted by Gasteiger charge is -2.38. The van der Waals surface area contributed by atoms with Crippen molar-refractivity contribution in [3.05, 3.63) is 113 Å². The Bertz CT molecular complexity index is 3280. The van der Waals surface area contributed by atoms with Crippen LogP contribution < -0.4 is 45.1 Å². The van der Waals surface area contributed by atoms with Crippen LogP contribution in [0.1, 0.15) is 124 Å². The predicted molar refractivity (Wildman–Crippen MR) is 341 cm³/mol. The zero-order valence-electron chi connectivity index (χ0n) is 53.7. The highest BCUT2D eigenvalue weighted by Crippen LogP contribution is 2.44. The van der Waals surface area contributed by atoms with Gasteiger partial charge in [0.05, 0.1) is 55.4 Å². The summed E-state index contributed by atoms with van der Waals surface area (Å²) in [7, 11) is 0.721. The number of likely N-dealkylation sites (tertiary alicyclic amines) is 1. The maximum Gasteiger partial charge on any atom is 0.414 e. The third kappa shape index (κ3) is 17.2. The van der Waals surface area contributed by atoms with Crippen LogP contribution in [0.2, 0.25) is 18.1 Å². The second-order valence-electron chi connectivity index (χ2n) is 24.9. The molecule has 6 atom stereocenters. The van der Waals surface area contributed by atoms with Crippen molar-refractivity contribution in [2.75, 3.05) is 62.7 Å². The van der Waals surface area contributed by atoms with Gasteiger partial charge < -0.3 is 73.2 Å². The fourth-order valence-electron chi connectivity index (χ4n) is 11.0. The van der Waals surface area contributed by atoms with Gasteiger partial charge in [-0.3, -0.25) is 24.5 Å². The number of alkyl carbamates (subject to hydrolysis) is 1. The fourth-order valence-corrected chi connectivity index (χ4v) is 12.0. The normalized spacial score (nSPS) is 18.8. The van der Waals surface area contributed by atoms with Crippen molar-refractivity contribution in [1.29, 1.82) is 0 Å². The Labute approximate surface area is 532 Å². The van der Waals surface area contributed by atoms with Gasteiger partial charge in [0.15, 0.2) is 43.8 Å². The SMILES string of the molecule is C=CCOC(=O)NC(C(=O)NC(C)C(=O)Nc1ccc(COC(=O)Nc2cc(OCc3cccc(COc4cc5c(cc4OC)C(=O)N4CCC[C@H]4[C@H](OC4CCCCO4)N5C(=O)O)c3)c(OC)cc2C(=O)N2CCC[C@H]2CO[Si](C)(C)C(C)(C)C)cc1)C(C)C. The molecule has 4 aromatic carbocycles. The van der Waals surface area contributed by atoms with E-state index in [0.717, 1.165) is 30.6 Å². The van der Waals surface area contributed by atoms with E-state index < -0.39 is 69.1 Å². The van der Waals surface area contributed by atoms with Gasteiger partial charge in [-0.25, -0.2) is 19.3 Å². The first-order chi connectivity index (χ1) is 43.4. The number of carboxylic acid groups (broad SMARTS) is 1. The molecule has 91 heavy (non-hydrogen) atoms. The molecule has 7 amide bonds. The number of nitrogens with one attached hydrogen (secondary N) is 4. The molecule has 24 nitrogen and oxygen atoms in total. The smallest absolute Gasteiger partial charge is 0.414 e. The number of nitrogens with zero attached hydrogens (tertiary/aromatic N) is 3. The number of fused-ring (bicyclic) bond motifs is 2. The average molecular weight is 1280 g/mol. The Morgan fingerprint density at radius 2 is 1.44 bits per heavy atom. The molecule has 0 saturated carbocycles. The molecule has 4 aliphatic rings. The van der Waals surface area contributed by atoms with Gasteiger partial charge in [-0.1, -0.05) is 77.6 Å². The Morgan fingerprint density at radius 3 is 2.08 bits per heavy atom. The van der Waals surface area contributed by atoms with E-state index in [9.17, 15) is 38.7 Å². The first-order valence-corrected chi connectivity index (χ1v) is 33.8. The summed E-state index contributed by atoms with van der Waals surface area (Å²) < 4.78 is 54.0. The second-order valence-corrected chi connectivity index (χ2v) is 29.7. The Kier molecular flexibility index (Phi) is 23.0. The number of carbonyl (C=O) groups is 7. The largest absolute Gasteiger partial charge is 0.493 e. The van der Waals surface area contributed by atoms with E-state index in [4.69, 9.17) is 42.3 Å². The van der Waals surface area contributed by atoms with E-state index in [1.807, 2.05) is 24.3 Å². The predicted octanol–water partition coefficient (Wildman–Crippen LogP) is 10.6. The van der Waals surface area contributed by atoms with Crippen LogP contribution in [0, 0.1) is 5.92 Å². The number of hydrogen-bond acceptors (Lipinski definition) is 16. The summed E-state index contributed by atoms with van der Waals surface area (Å²) in [6, 6.07) is 17.3. The number of ether oxygens (including phenoxy) is 8. The Hall–Kier alpha value is -8.39. The zero-order chi connectivity index (χ0) is 65.7. The summed E-state index contributed by atoms with van der Waals surface area (Å²) >= 11 is 0. The topological polar surface area (TPSA) is 281 Å². The van der Waals surface area contributed by atoms with Crippen LogP contribution in [0.15, 0.2) is 85.5 Å². The lowest BCUT2D eigenvalue weighted by Crippen LogP contribution is -2.53. The van der Waals surface area contributed by atoms with Crippen LogP contribution in [0.25, 0.3) is 0 Å². The minimum absolute atomic E-state index is 0.00154. The molecule has 492 valence electrons. The molecular weight excluding hydrogens is 1190 g/mol. The van der Waals surface area contributed by atoms with Crippen molar-refractivity contribution in [3.8, 4) is 23.0 Å². The average Bonchev–Trinajstić information content (AvgIpc) is 1.64. The second kappa shape index (κ2) is 30.6. The molecule has 4 heterocycles. The minimum atomic E-state index is -2.18. The Balaban J connectivity index is 0.968. The third-order valence-corrected chi connectivity index (χ3v) is 21.6. The van der Waals surface area contributed by atoms with Gasteiger partial charge >= 0.3 is 18.3 Å². The van der Waals surface area contributed by atoms with Crippen LogP contribution >= 0.6 is 0 Å². The standard InChI is InChI=1S/C66H87N7O17Si/c1-12-29-85-64(79)70-57(40(2)3)59(75)67-41(4)58(74)68-45-25-23-42(24-26-45)36-88-63(78)69-49-34-54(52(82-8)32-47(49)60(76)71-27-16-20-46(71)39-89-91(10,11)66(5,6)7)86-37-43-18-15-19-44(31-43)38-87-55-35-51-48(33-53(55)83-9)61(77)72-28-17-21-50(72)62(73(51)65(80)81)90-56-22-13-14-30-84-56/h12,15,18-19,23-26,31-35,40-41,46,50,56-57,62H,1,13-14,16-17,20-22,27-30,36-39H2,2-11H3,(H,67,75)(H,68,74)(H,69,78)(H,70,79)(H,80,81)/t41?,46-,50-,56?,57?,62-/m0/s1. The maximum atomic E-state index is 14.8. The van der Waals surface area contributed by atoms with E-state index in [1.165, 1.54) is 51.5 Å². The highest BCUT2D eigenvalue weighted by molar-refractivity contribution is 6.74. The van der Waals surface area contributed by atoms with Gasteiger partial charge in [-0.15, -0.1) is 0 Å². The van der Waals surface area contributed by atoms with E-state index in [0.29, 0.717) is 67.9 Å². The van der Waals surface area contributed by atoms with Crippen LogP contribution in [-0.2, 0) is 52.8 Å². The lowest BCUT2D eigenvalue weighted by atomic mass is 10.0.